The molecule has 3 rings (SSSR count). The number of nitrogens with zero attached hydrogens (tertiary/aromatic N) is 1. The smallest absolute Gasteiger partial charge is 0.416 e. The molecule has 0 aliphatic heterocycles. The van der Waals surface area contributed by atoms with Crippen molar-refractivity contribution < 1.29 is 27.1 Å². The molecule has 0 atom stereocenters. The lowest BCUT2D eigenvalue weighted by Gasteiger charge is -2.14. The molecular weight excluding hydrogens is 528 g/mol. The first kappa shape index (κ1) is 26.0. The van der Waals surface area contributed by atoms with E-state index in [1.54, 1.807) is 37.3 Å². The van der Waals surface area contributed by atoms with Gasteiger partial charge in [0.1, 0.15) is 23.2 Å². The van der Waals surface area contributed by atoms with Gasteiger partial charge in [-0.05, 0) is 66.6 Å². The number of hydrogen-bond donors (Lipinski definition) is 1. The maximum absolute atomic E-state index is 13.6. The summed E-state index contributed by atoms with van der Waals surface area (Å²) in [5, 5.41) is 11.8. The van der Waals surface area contributed by atoms with Crippen LogP contribution in [-0.2, 0) is 17.4 Å². The molecule has 0 aliphatic carbocycles. The number of ether oxygens (including phenoxy) is 1. The van der Waals surface area contributed by atoms with E-state index in [-0.39, 0.29) is 17.1 Å². The van der Waals surface area contributed by atoms with Crippen LogP contribution in [0.25, 0.3) is 6.08 Å². The van der Waals surface area contributed by atoms with Crippen molar-refractivity contribution in [2.24, 2.45) is 0 Å². The van der Waals surface area contributed by atoms with Gasteiger partial charge in [0.05, 0.1) is 12.2 Å². The standard InChI is InChI=1S/C26H19BrF4N2O2/c1-2-35-24-13-17(12-23(27)22(24)11-16-5-3-7-20(28)10-16)9-18(15-32)25(34)33-21-8-4-6-19(14-21)26(29,30)31/h3-10,12-14H,2,11H2,1H3,(H,33,34)/b18-9+. The van der Waals surface area contributed by atoms with Crippen molar-refractivity contribution in [1.82, 2.24) is 0 Å². The van der Waals surface area contributed by atoms with Gasteiger partial charge in [-0.1, -0.05) is 34.1 Å². The Bertz CT molecular complexity index is 1310. The number of carbonyl (C=O) groups is 1. The highest BCUT2D eigenvalue weighted by atomic mass is 79.9. The molecule has 0 heterocycles. The molecule has 9 heteroatoms. The van der Waals surface area contributed by atoms with Gasteiger partial charge in [0.25, 0.3) is 5.91 Å². The van der Waals surface area contributed by atoms with E-state index in [4.69, 9.17) is 4.74 Å². The summed E-state index contributed by atoms with van der Waals surface area (Å²) < 4.78 is 58.8. The summed E-state index contributed by atoms with van der Waals surface area (Å²) in [5.41, 5.74) is 0.618. The molecule has 0 unspecified atom stereocenters. The Morgan fingerprint density at radius 3 is 2.54 bits per heavy atom. The molecule has 35 heavy (non-hydrogen) atoms. The van der Waals surface area contributed by atoms with Crippen LogP contribution in [0.5, 0.6) is 5.75 Å². The summed E-state index contributed by atoms with van der Waals surface area (Å²) in [6.07, 6.45) is -2.88. The van der Waals surface area contributed by atoms with E-state index in [9.17, 15) is 27.6 Å². The Morgan fingerprint density at radius 1 is 1.14 bits per heavy atom. The highest BCUT2D eigenvalue weighted by Crippen LogP contribution is 2.33. The number of hydrogen-bond acceptors (Lipinski definition) is 3. The third-order valence-corrected chi connectivity index (χ3v) is 5.58. The van der Waals surface area contributed by atoms with Crippen molar-refractivity contribution in [3.63, 3.8) is 0 Å². The van der Waals surface area contributed by atoms with Crippen LogP contribution in [0.2, 0.25) is 0 Å². The first-order valence-electron chi connectivity index (χ1n) is 10.4. The average Bonchev–Trinajstić information content (AvgIpc) is 2.79. The SMILES string of the molecule is CCOc1cc(/C=C(\C#N)C(=O)Nc2cccc(C(F)(F)F)c2)cc(Br)c1Cc1cccc(F)c1. The molecule has 0 fully saturated rings. The number of halogens is 5. The Kier molecular flexibility index (Phi) is 8.30. The summed E-state index contributed by atoms with van der Waals surface area (Å²) in [5.74, 6) is -0.737. The fourth-order valence-corrected chi connectivity index (χ4v) is 3.91. The van der Waals surface area contributed by atoms with Crippen LogP contribution in [0, 0.1) is 17.1 Å². The number of alkyl halides is 3. The minimum absolute atomic E-state index is 0.0902. The molecule has 0 spiro atoms. The van der Waals surface area contributed by atoms with Gasteiger partial charge < -0.3 is 10.1 Å². The number of nitrogens with one attached hydrogen (secondary N) is 1. The van der Waals surface area contributed by atoms with Crippen molar-refractivity contribution in [3.05, 3.63) is 98.8 Å². The Labute approximate surface area is 208 Å². The minimum atomic E-state index is -4.57. The molecule has 1 N–H and O–H groups in total. The lowest BCUT2D eigenvalue weighted by Crippen LogP contribution is -2.14. The van der Waals surface area contributed by atoms with Gasteiger partial charge in [0.2, 0.25) is 0 Å². The van der Waals surface area contributed by atoms with Crippen molar-refractivity contribution in [3.8, 4) is 11.8 Å². The van der Waals surface area contributed by atoms with E-state index in [2.05, 4.69) is 21.2 Å². The van der Waals surface area contributed by atoms with Gasteiger partial charge in [-0.25, -0.2) is 4.39 Å². The van der Waals surface area contributed by atoms with E-state index in [1.165, 1.54) is 24.3 Å². The van der Waals surface area contributed by atoms with E-state index in [1.807, 2.05) is 0 Å². The second kappa shape index (κ2) is 11.2. The van der Waals surface area contributed by atoms with Crippen molar-refractivity contribution >= 4 is 33.6 Å². The van der Waals surface area contributed by atoms with E-state index < -0.39 is 17.6 Å². The van der Waals surface area contributed by atoms with Gasteiger partial charge >= 0.3 is 6.18 Å². The number of rotatable bonds is 7. The highest BCUT2D eigenvalue weighted by molar-refractivity contribution is 9.10. The molecule has 0 aliphatic rings. The number of benzene rings is 3. The van der Waals surface area contributed by atoms with Crippen molar-refractivity contribution in [1.29, 1.82) is 5.26 Å². The van der Waals surface area contributed by atoms with E-state index in [0.717, 1.165) is 29.3 Å². The first-order valence-corrected chi connectivity index (χ1v) is 11.2. The van der Waals surface area contributed by atoms with Crippen LogP contribution in [0.4, 0.5) is 23.2 Å². The minimum Gasteiger partial charge on any atom is -0.494 e. The van der Waals surface area contributed by atoms with Crippen LogP contribution in [0.1, 0.15) is 29.2 Å². The third-order valence-electron chi connectivity index (χ3n) is 4.87. The van der Waals surface area contributed by atoms with Crippen LogP contribution in [0.15, 0.2) is 70.7 Å². The van der Waals surface area contributed by atoms with Crippen molar-refractivity contribution in [2.75, 3.05) is 11.9 Å². The maximum Gasteiger partial charge on any atom is 0.416 e. The summed E-state index contributed by atoms with van der Waals surface area (Å²) in [6, 6.07) is 15.4. The molecule has 3 aromatic carbocycles. The second-order valence-electron chi connectivity index (χ2n) is 7.42. The molecule has 0 saturated carbocycles. The van der Waals surface area contributed by atoms with Crippen LogP contribution in [-0.4, -0.2) is 12.5 Å². The summed E-state index contributed by atoms with van der Waals surface area (Å²) in [6.45, 7) is 2.14. The number of carbonyl (C=O) groups excluding carboxylic acids is 1. The largest absolute Gasteiger partial charge is 0.494 e. The van der Waals surface area contributed by atoms with E-state index in [0.29, 0.717) is 28.8 Å². The summed E-state index contributed by atoms with van der Waals surface area (Å²) in [4.78, 5) is 12.6. The molecule has 0 bridgehead atoms. The summed E-state index contributed by atoms with van der Waals surface area (Å²) >= 11 is 3.48. The van der Waals surface area contributed by atoms with Gasteiger partial charge in [-0.15, -0.1) is 0 Å². The highest BCUT2D eigenvalue weighted by Gasteiger charge is 2.30. The molecule has 1 amide bonds. The molecule has 4 nitrogen and oxygen atoms in total. The fourth-order valence-electron chi connectivity index (χ4n) is 3.31. The Balaban J connectivity index is 1.90. The zero-order chi connectivity index (χ0) is 25.6. The molecule has 3 aromatic rings. The van der Waals surface area contributed by atoms with Crippen molar-refractivity contribution in [2.45, 2.75) is 19.5 Å². The normalized spacial score (nSPS) is 11.6. The van der Waals surface area contributed by atoms with Crippen LogP contribution < -0.4 is 10.1 Å². The number of nitriles is 1. The second-order valence-corrected chi connectivity index (χ2v) is 8.28. The fraction of sp³-hybridized carbons (Fsp3) is 0.154. The first-order chi connectivity index (χ1) is 16.6. The lowest BCUT2D eigenvalue weighted by molar-refractivity contribution is -0.137. The topological polar surface area (TPSA) is 62.1 Å². The molecule has 0 aromatic heterocycles. The lowest BCUT2D eigenvalue weighted by atomic mass is 10.0. The number of anilines is 1. The zero-order valence-corrected chi connectivity index (χ0v) is 20.0. The molecule has 0 saturated heterocycles. The quantitative estimate of drug-likeness (QED) is 0.194. The Hall–Kier alpha value is -3.64. The maximum atomic E-state index is 13.6. The monoisotopic (exact) mass is 546 g/mol. The Morgan fingerprint density at radius 2 is 1.89 bits per heavy atom. The number of amides is 1. The molecule has 0 radical (unpaired) electrons. The van der Waals surface area contributed by atoms with Gasteiger partial charge in [-0.3, -0.25) is 4.79 Å². The third kappa shape index (κ3) is 6.93. The van der Waals surface area contributed by atoms with Gasteiger partial charge in [0, 0.05) is 22.1 Å². The van der Waals surface area contributed by atoms with Crippen LogP contribution >= 0.6 is 15.9 Å². The van der Waals surface area contributed by atoms with Gasteiger partial charge in [0.15, 0.2) is 0 Å². The van der Waals surface area contributed by atoms with E-state index >= 15 is 0 Å². The predicted octanol–water partition coefficient (Wildman–Crippen LogP) is 7.14. The average molecular weight is 547 g/mol. The van der Waals surface area contributed by atoms with Crippen LogP contribution in [0.3, 0.4) is 0 Å². The zero-order valence-electron chi connectivity index (χ0n) is 18.4. The molecular formula is C26H19BrF4N2O2. The van der Waals surface area contributed by atoms with Gasteiger partial charge in [-0.2, -0.15) is 18.4 Å². The molecule has 180 valence electrons. The predicted molar refractivity (Wildman–Crippen MR) is 128 cm³/mol. The summed E-state index contributed by atoms with van der Waals surface area (Å²) in [7, 11) is 0.